The van der Waals surface area contributed by atoms with Crippen LogP contribution in [0.25, 0.3) is 55.0 Å². The lowest BCUT2D eigenvalue weighted by molar-refractivity contribution is 0.726. The predicted molar refractivity (Wildman–Crippen MR) is 196 cm³/mol. The summed E-state index contributed by atoms with van der Waals surface area (Å²) in [5, 5.41) is 5.12. The molecular formula is C45H32N2. The fourth-order valence-electron chi connectivity index (χ4n) is 8.47. The Bertz CT molecular complexity index is 2590. The molecule has 0 aliphatic carbocycles. The SMILES string of the molecule is Cc1ccc(C2(c3ccc(C)cc3)c3cc(-n4c5ccccc5c5ccccc54)ccc3-n3c4ccccc4c4cccc2c43)cc1. The van der Waals surface area contributed by atoms with Gasteiger partial charge in [0.15, 0.2) is 0 Å². The Labute approximate surface area is 273 Å². The second-order valence-electron chi connectivity index (χ2n) is 13.1. The van der Waals surface area contributed by atoms with E-state index in [0.29, 0.717) is 0 Å². The van der Waals surface area contributed by atoms with Crippen molar-refractivity contribution in [2.75, 3.05) is 0 Å². The fourth-order valence-corrected chi connectivity index (χ4v) is 8.47. The van der Waals surface area contributed by atoms with Gasteiger partial charge in [-0.1, -0.05) is 132 Å². The van der Waals surface area contributed by atoms with Crippen LogP contribution in [0.4, 0.5) is 0 Å². The van der Waals surface area contributed by atoms with E-state index in [0.717, 1.165) is 5.69 Å². The van der Waals surface area contributed by atoms with Crippen LogP contribution in [0, 0.1) is 13.8 Å². The average Bonchev–Trinajstić information content (AvgIpc) is 3.64. The molecule has 1 aliphatic heterocycles. The lowest BCUT2D eigenvalue weighted by atomic mass is 9.63. The van der Waals surface area contributed by atoms with Gasteiger partial charge in [0.05, 0.1) is 33.2 Å². The maximum atomic E-state index is 2.52. The summed E-state index contributed by atoms with van der Waals surface area (Å²) in [5.74, 6) is 0. The summed E-state index contributed by atoms with van der Waals surface area (Å²) >= 11 is 0. The van der Waals surface area contributed by atoms with E-state index in [4.69, 9.17) is 0 Å². The van der Waals surface area contributed by atoms with E-state index in [9.17, 15) is 0 Å². The highest BCUT2D eigenvalue weighted by atomic mass is 15.0. The molecule has 0 amide bonds. The van der Waals surface area contributed by atoms with Gasteiger partial charge < -0.3 is 9.13 Å². The van der Waals surface area contributed by atoms with E-state index >= 15 is 0 Å². The number of benzene rings is 7. The Balaban J connectivity index is 1.42. The van der Waals surface area contributed by atoms with Crippen molar-refractivity contribution >= 4 is 43.6 Å². The van der Waals surface area contributed by atoms with Gasteiger partial charge in [-0.3, -0.25) is 0 Å². The first-order valence-electron chi connectivity index (χ1n) is 16.4. The van der Waals surface area contributed by atoms with Crippen molar-refractivity contribution in [3.63, 3.8) is 0 Å². The van der Waals surface area contributed by atoms with Crippen LogP contribution in [0.2, 0.25) is 0 Å². The van der Waals surface area contributed by atoms with Gasteiger partial charge in [-0.15, -0.1) is 0 Å². The van der Waals surface area contributed by atoms with Crippen LogP contribution in [0.15, 0.2) is 158 Å². The standard InChI is InChI=1S/C45H32N2/c1-29-18-22-31(23-19-29)45(32-24-20-30(2)21-25-32)38-14-9-13-37-36-12-5-8-17-42(36)47(44(37)38)43-27-26-33(28-39(43)45)46-40-15-6-3-10-34(40)35-11-4-7-16-41(35)46/h3-28H,1-2H3. The number of hydrogen-bond donors (Lipinski definition) is 0. The minimum atomic E-state index is -0.546. The molecule has 10 rings (SSSR count). The molecule has 47 heavy (non-hydrogen) atoms. The molecule has 0 saturated heterocycles. The zero-order chi connectivity index (χ0) is 31.3. The van der Waals surface area contributed by atoms with Gasteiger partial charge in [0.1, 0.15) is 0 Å². The lowest BCUT2D eigenvalue weighted by Crippen LogP contribution is -2.35. The zero-order valence-corrected chi connectivity index (χ0v) is 26.4. The van der Waals surface area contributed by atoms with Crippen LogP contribution in [0.1, 0.15) is 33.4 Å². The number of aryl methyl sites for hydroxylation is 2. The first-order valence-corrected chi connectivity index (χ1v) is 16.4. The van der Waals surface area contributed by atoms with Crippen LogP contribution in [-0.2, 0) is 5.41 Å². The highest BCUT2D eigenvalue weighted by Gasteiger charge is 2.45. The molecule has 0 spiro atoms. The third-order valence-corrected chi connectivity index (χ3v) is 10.5. The minimum Gasteiger partial charge on any atom is -0.309 e. The fraction of sp³-hybridized carbons (Fsp3) is 0.0667. The van der Waals surface area contributed by atoms with E-state index in [2.05, 4.69) is 181 Å². The summed E-state index contributed by atoms with van der Waals surface area (Å²) in [5.41, 5.74) is 14.5. The molecule has 0 fully saturated rings. The minimum absolute atomic E-state index is 0.546. The van der Waals surface area contributed by atoms with Gasteiger partial charge in [-0.25, -0.2) is 0 Å². The maximum absolute atomic E-state index is 2.52. The summed E-state index contributed by atoms with van der Waals surface area (Å²) in [6.07, 6.45) is 0. The Morgan fingerprint density at radius 1 is 0.404 bits per heavy atom. The average molecular weight is 601 g/mol. The highest BCUT2D eigenvalue weighted by Crippen LogP contribution is 2.54. The molecule has 0 saturated carbocycles. The first-order chi connectivity index (χ1) is 23.1. The molecular weight excluding hydrogens is 569 g/mol. The lowest BCUT2D eigenvalue weighted by Gasteiger charge is -2.42. The van der Waals surface area contributed by atoms with Gasteiger partial charge in [-0.05, 0) is 72.5 Å². The molecule has 222 valence electrons. The monoisotopic (exact) mass is 600 g/mol. The van der Waals surface area contributed by atoms with Crippen molar-refractivity contribution in [1.82, 2.24) is 9.13 Å². The molecule has 0 bridgehead atoms. The summed E-state index contributed by atoms with van der Waals surface area (Å²) in [6, 6.07) is 59.0. The topological polar surface area (TPSA) is 9.86 Å². The Kier molecular flexibility index (Phi) is 5.37. The van der Waals surface area contributed by atoms with E-state index in [1.807, 2.05) is 0 Å². The molecule has 7 aromatic carbocycles. The van der Waals surface area contributed by atoms with Gasteiger partial charge in [0.2, 0.25) is 0 Å². The van der Waals surface area contributed by atoms with E-state index in [1.165, 1.54) is 82.7 Å². The van der Waals surface area contributed by atoms with Crippen LogP contribution in [0.5, 0.6) is 0 Å². The Hall–Kier alpha value is -5.86. The molecule has 2 heteroatoms. The maximum Gasteiger partial charge on any atom is 0.0743 e. The molecule has 0 unspecified atom stereocenters. The molecule has 9 aromatic rings. The van der Waals surface area contributed by atoms with Gasteiger partial charge in [-0.2, -0.15) is 0 Å². The number of fused-ring (bicyclic) bond motifs is 8. The number of rotatable bonds is 3. The van der Waals surface area contributed by atoms with E-state index in [-0.39, 0.29) is 0 Å². The number of nitrogens with zero attached hydrogens (tertiary/aromatic N) is 2. The number of para-hydroxylation sites is 4. The van der Waals surface area contributed by atoms with Crippen LogP contribution < -0.4 is 0 Å². The Morgan fingerprint density at radius 3 is 1.47 bits per heavy atom. The van der Waals surface area contributed by atoms with Crippen molar-refractivity contribution in [2.45, 2.75) is 19.3 Å². The molecule has 2 aromatic heterocycles. The second-order valence-corrected chi connectivity index (χ2v) is 13.1. The summed E-state index contributed by atoms with van der Waals surface area (Å²) in [7, 11) is 0. The van der Waals surface area contributed by atoms with Crippen LogP contribution in [-0.4, -0.2) is 9.13 Å². The second kappa shape index (κ2) is 9.57. The van der Waals surface area contributed by atoms with Crippen molar-refractivity contribution < 1.29 is 0 Å². The summed E-state index contributed by atoms with van der Waals surface area (Å²) in [4.78, 5) is 0. The smallest absolute Gasteiger partial charge is 0.0743 e. The normalized spacial score (nSPS) is 13.5. The van der Waals surface area contributed by atoms with Crippen LogP contribution >= 0.6 is 0 Å². The van der Waals surface area contributed by atoms with Crippen molar-refractivity contribution in [3.05, 3.63) is 191 Å². The number of aromatic nitrogens is 2. The summed E-state index contributed by atoms with van der Waals surface area (Å²) in [6.45, 7) is 4.35. The molecule has 1 aliphatic rings. The molecule has 3 heterocycles. The van der Waals surface area contributed by atoms with Crippen LogP contribution in [0.3, 0.4) is 0 Å². The largest absolute Gasteiger partial charge is 0.309 e. The number of hydrogen-bond acceptors (Lipinski definition) is 0. The molecule has 2 nitrogen and oxygen atoms in total. The Morgan fingerprint density at radius 2 is 0.894 bits per heavy atom. The van der Waals surface area contributed by atoms with E-state index in [1.54, 1.807) is 0 Å². The third kappa shape index (κ3) is 3.45. The van der Waals surface area contributed by atoms with E-state index < -0.39 is 5.41 Å². The predicted octanol–water partition coefficient (Wildman–Crippen LogP) is 11.2. The third-order valence-electron chi connectivity index (χ3n) is 10.5. The first kappa shape index (κ1) is 26.4. The van der Waals surface area contributed by atoms with Gasteiger partial charge >= 0.3 is 0 Å². The van der Waals surface area contributed by atoms with Gasteiger partial charge in [0.25, 0.3) is 0 Å². The van der Waals surface area contributed by atoms with Gasteiger partial charge in [0, 0.05) is 27.2 Å². The molecule has 0 N–H and O–H groups in total. The van der Waals surface area contributed by atoms with Crippen molar-refractivity contribution in [2.24, 2.45) is 0 Å². The quantitative estimate of drug-likeness (QED) is 0.191. The highest BCUT2D eigenvalue weighted by molar-refractivity contribution is 6.12. The summed E-state index contributed by atoms with van der Waals surface area (Å²) < 4.78 is 4.97. The van der Waals surface area contributed by atoms with Crippen molar-refractivity contribution in [3.8, 4) is 11.4 Å². The zero-order valence-electron chi connectivity index (χ0n) is 26.4. The van der Waals surface area contributed by atoms with Crippen molar-refractivity contribution in [1.29, 1.82) is 0 Å². The molecule has 0 atom stereocenters. The molecule has 0 radical (unpaired) electrons.